The zero-order valence-electron chi connectivity index (χ0n) is 14.4. The number of nitrogens with zero attached hydrogens (tertiary/aromatic N) is 1. The maximum atomic E-state index is 13.3. The van der Waals surface area contributed by atoms with Crippen LogP contribution in [0.25, 0.3) is 0 Å². The van der Waals surface area contributed by atoms with Crippen molar-refractivity contribution in [2.24, 2.45) is 0 Å². The lowest BCUT2D eigenvalue weighted by Gasteiger charge is -2.37. The molecule has 2 nitrogen and oxygen atoms in total. The summed E-state index contributed by atoms with van der Waals surface area (Å²) in [5.41, 5.74) is 3.89. The van der Waals surface area contributed by atoms with Gasteiger partial charge in [-0.1, -0.05) is 48.5 Å². The first-order valence-electron chi connectivity index (χ1n) is 8.93. The second-order valence-electron chi connectivity index (χ2n) is 6.69. The molecule has 0 N–H and O–H groups in total. The van der Waals surface area contributed by atoms with E-state index in [2.05, 4.69) is 18.2 Å². The van der Waals surface area contributed by atoms with Gasteiger partial charge in [0.2, 0.25) is 0 Å². The quantitative estimate of drug-likeness (QED) is 0.652. The summed E-state index contributed by atoms with van der Waals surface area (Å²) in [6.07, 6.45) is 2.68. The van der Waals surface area contributed by atoms with E-state index in [1.807, 2.05) is 41.3 Å². The lowest BCUT2D eigenvalue weighted by atomic mass is 9.91. The number of hydrogen-bond donors (Lipinski definition) is 0. The molecule has 0 bridgehead atoms. The molecule has 130 valence electrons. The van der Waals surface area contributed by atoms with Gasteiger partial charge in [0.15, 0.2) is 0 Å². The molecular formula is C23H20FNO. The number of para-hydroxylation sites is 1. The van der Waals surface area contributed by atoms with E-state index in [-0.39, 0.29) is 17.8 Å². The van der Waals surface area contributed by atoms with Crippen molar-refractivity contribution < 1.29 is 9.18 Å². The first kappa shape index (κ1) is 16.5. The van der Waals surface area contributed by atoms with Gasteiger partial charge in [-0.15, -0.1) is 0 Å². The molecule has 0 fully saturated rings. The molecule has 4 rings (SSSR count). The van der Waals surface area contributed by atoms with Crippen LogP contribution >= 0.6 is 0 Å². The highest BCUT2D eigenvalue weighted by molar-refractivity contribution is 6.07. The molecule has 0 aromatic heterocycles. The molecule has 1 unspecified atom stereocenters. The summed E-state index contributed by atoms with van der Waals surface area (Å²) in [5.74, 6) is -0.403. The van der Waals surface area contributed by atoms with E-state index in [0.717, 1.165) is 24.9 Å². The standard InChI is InChI=1S/C23H20FNO/c24-20-13-10-19(11-14-20)23(26)25-21(16-17-6-2-1-3-7-17)15-12-18-8-4-5-9-22(18)25/h1-11,13-14,21H,12,15-16H2. The van der Waals surface area contributed by atoms with Gasteiger partial charge >= 0.3 is 0 Å². The molecule has 1 atom stereocenters. The number of hydrogen-bond acceptors (Lipinski definition) is 1. The average molecular weight is 345 g/mol. The number of anilines is 1. The van der Waals surface area contributed by atoms with Crippen LogP contribution in [0.15, 0.2) is 78.9 Å². The van der Waals surface area contributed by atoms with Gasteiger partial charge in [0, 0.05) is 17.3 Å². The molecule has 3 heteroatoms. The maximum absolute atomic E-state index is 13.3. The fraction of sp³-hybridized carbons (Fsp3) is 0.174. The highest BCUT2D eigenvalue weighted by atomic mass is 19.1. The maximum Gasteiger partial charge on any atom is 0.258 e. The van der Waals surface area contributed by atoms with Crippen molar-refractivity contribution in [1.82, 2.24) is 0 Å². The third-order valence-corrected chi connectivity index (χ3v) is 4.99. The Bertz CT molecular complexity index is 905. The molecule has 1 amide bonds. The van der Waals surface area contributed by atoms with Gasteiger partial charge < -0.3 is 4.90 Å². The van der Waals surface area contributed by atoms with Crippen molar-refractivity contribution >= 4 is 11.6 Å². The molecule has 3 aromatic carbocycles. The molecule has 1 aliphatic rings. The molecule has 0 spiro atoms. The van der Waals surface area contributed by atoms with E-state index in [1.54, 1.807) is 12.1 Å². The number of fused-ring (bicyclic) bond motifs is 1. The number of amides is 1. The largest absolute Gasteiger partial charge is 0.305 e. The van der Waals surface area contributed by atoms with Gasteiger partial charge in [-0.05, 0) is 60.7 Å². The van der Waals surface area contributed by atoms with E-state index in [4.69, 9.17) is 0 Å². The second-order valence-corrected chi connectivity index (χ2v) is 6.69. The Morgan fingerprint density at radius 2 is 1.62 bits per heavy atom. The summed E-state index contributed by atoms with van der Waals surface area (Å²) in [7, 11) is 0. The Labute approximate surface area is 152 Å². The highest BCUT2D eigenvalue weighted by Gasteiger charge is 2.31. The van der Waals surface area contributed by atoms with Crippen molar-refractivity contribution in [2.45, 2.75) is 25.3 Å². The summed E-state index contributed by atoms with van der Waals surface area (Å²) in [6.45, 7) is 0. The second kappa shape index (κ2) is 7.12. The summed E-state index contributed by atoms with van der Waals surface area (Å²) < 4.78 is 13.3. The van der Waals surface area contributed by atoms with E-state index in [1.165, 1.54) is 23.3 Å². The van der Waals surface area contributed by atoms with Gasteiger partial charge in [-0.2, -0.15) is 0 Å². The Morgan fingerprint density at radius 1 is 0.923 bits per heavy atom. The van der Waals surface area contributed by atoms with Gasteiger partial charge in [0.1, 0.15) is 5.82 Å². The summed E-state index contributed by atoms with van der Waals surface area (Å²) in [4.78, 5) is 15.2. The minimum absolute atomic E-state index is 0.0712. The van der Waals surface area contributed by atoms with E-state index < -0.39 is 0 Å². The van der Waals surface area contributed by atoms with Crippen LogP contribution in [0.4, 0.5) is 10.1 Å². The number of benzene rings is 3. The van der Waals surface area contributed by atoms with Crippen LogP contribution in [0.5, 0.6) is 0 Å². The van der Waals surface area contributed by atoms with E-state index in [0.29, 0.717) is 5.56 Å². The first-order valence-corrected chi connectivity index (χ1v) is 8.93. The summed E-state index contributed by atoms with van der Waals surface area (Å²) in [6, 6.07) is 24.2. The van der Waals surface area contributed by atoms with Crippen LogP contribution in [0.1, 0.15) is 27.9 Å². The Kier molecular flexibility index (Phi) is 4.53. The third-order valence-electron chi connectivity index (χ3n) is 4.99. The average Bonchev–Trinajstić information content (AvgIpc) is 2.69. The Balaban J connectivity index is 1.71. The minimum atomic E-state index is -0.332. The number of halogens is 1. The molecular weight excluding hydrogens is 325 g/mol. The van der Waals surface area contributed by atoms with Crippen molar-refractivity contribution in [3.8, 4) is 0 Å². The Hall–Kier alpha value is -2.94. The van der Waals surface area contributed by atoms with Crippen LogP contribution in [0, 0.1) is 5.82 Å². The normalized spacial score (nSPS) is 16.2. The van der Waals surface area contributed by atoms with Gasteiger partial charge in [0.25, 0.3) is 5.91 Å². The summed E-state index contributed by atoms with van der Waals surface area (Å²) >= 11 is 0. The fourth-order valence-electron chi connectivity index (χ4n) is 3.69. The van der Waals surface area contributed by atoms with E-state index in [9.17, 15) is 9.18 Å². The van der Waals surface area contributed by atoms with Crippen LogP contribution < -0.4 is 4.90 Å². The molecule has 0 radical (unpaired) electrons. The Morgan fingerprint density at radius 3 is 2.38 bits per heavy atom. The van der Waals surface area contributed by atoms with Crippen molar-refractivity contribution in [1.29, 1.82) is 0 Å². The molecule has 1 heterocycles. The molecule has 26 heavy (non-hydrogen) atoms. The van der Waals surface area contributed by atoms with Crippen LogP contribution in [-0.2, 0) is 12.8 Å². The third kappa shape index (κ3) is 3.25. The predicted octanol–water partition coefficient (Wildman–Crippen LogP) is 5.03. The van der Waals surface area contributed by atoms with Gasteiger partial charge in [0.05, 0.1) is 0 Å². The topological polar surface area (TPSA) is 20.3 Å². The number of rotatable bonds is 3. The smallest absolute Gasteiger partial charge is 0.258 e. The zero-order valence-corrected chi connectivity index (χ0v) is 14.4. The fourth-order valence-corrected chi connectivity index (χ4v) is 3.69. The number of carbonyl (C=O) groups is 1. The van der Waals surface area contributed by atoms with Crippen molar-refractivity contribution in [3.63, 3.8) is 0 Å². The van der Waals surface area contributed by atoms with Crippen LogP contribution in [-0.4, -0.2) is 11.9 Å². The zero-order chi connectivity index (χ0) is 17.9. The molecule has 0 saturated heterocycles. The van der Waals surface area contributed by atoms with Gasteiger partial charge in [-0.3, -0.25) is 4.79 Å². The van der Waals surface area contributed by atoms with Crippen molar-refractivity contribution in [2.75, 3.05) is 4.90 Å². The SMILES string of the molecule is O=C(c1ccc(F)cc1)N1c2ccccc2CCC1Cc1ccccc1. The van der Waals surface area contributed by atoms with Crippen molar-refractivity contribution in [3.05, 3.63) is 101 Å². The lowest BCUT2D eigenvalue weighted by Crippen LogP contribution is -2.45. The summed E-state index contributed by atoms with van der Waals surface area (Å²) in [5, 5.41) is 0. The molecule has 0 aliphatic carbocycles. The van der Waals surface area contributed by atoms with Crippen LogP contribution in [0.3, 0.4) is 0 Å². The highest BCUT2D eigenvalue weighted by Crippen LogP contribution is 2.33. The molecule has 0 saturated carbocycles. The number of aryl methyl sites for hydroxylation is 1. The molecule has 3 aromatic rings. The van der Waals surface area contributed by atoms with Crippen LogP contribution in [0.2, 0.25) is 0 Å². The molecule has 1 aliphatic heterocycles. The minimum Gasteiger partial charge on any atom is -0.305 e. The predicted molar refractivity (Wildman–Crippen MR) is 102 cm³/mol. The van der Waals surface area contributed by atoms with E-state index >= 15 is 0 Å². The number of carbonyl (C=O) groups excluding carboxylic acids is 1. The lowest BCUT2D eigenvalue weighted by molar-refractivity contribution is 0.0973. The first-order chi connectivity index (χ1) is 12.7. The monoisotopic (exact) mass is 345 g/mol. The van der Waals surface area contributed by atoms with Gasteiger partial charge in [-0.25, -0.2) is 4.39 Å².